The van der Waals surface area contributed by atoms with E-state index in [1.54, 1.807) is 0 Å². The third-order valence-corrected chi connectivity index (χ3v) is 2.89. The van der Waals surface area contributed by atoms with Gasteiger partial charge in [-0.15, -0.1) is 11.8 Å². The van der Waals surface area contributed by atoms with Gasteiger partial charge >= 0.3 is 5.97 Å². The second-order valence-electron chi connectivity index (χ2n) is 3.28. The quantitative estimate of drug-likeness (QED) is 0.753. The molecule has 1 atom stereocenters. The highest BCUT2D eigenvalue weighted by Crippen LogP contribution is 2.21. The van der Waals surface area contributed by atoms with Crippen molar-refractivity contribution in [3.63, 3.8) is 0 Å². The first-order valence-electron chi connectivity index (χ1n) is 4.34. The highest BCUT2D eigenvalue weighted by atomic mass is 32.2. The lowest BCUT2D eigenvalue weighted by Gasteiger charge is -2.13. The summed E-state index contributed by atoms with van der Waals surface area (Å²) in [5.41, 5.74) is 1.35. The Morgan fingerprint density at radius 2 is 2.54 bits per heavy atom. The van der Waals surface area contributed by atoms with Crippen LogP contribution in [0, 0.1) is 5.92 Å². The average molecular weight is 198 g/mol. The number of thioether (sulfide) groups is 1. The number of carbonyl (C=O) groups is 1. The number of hydrogen-bond acceptors (Lipinski definition) is 2. The van der Waals surface area contributed by atoms with Crippen molar-refractivity contribution in [2.75, 3.05) is 11.5 Å². The van der Waals surface area contributed by atoms with Crippen molar-refractivity contribution in [2.24, 2.45) is 5.92 Å². The molecule has 1 aliphatic rings. The molecule has 0 fully saturated rings. The fourth-order valence-electron chi connectivity index (χ4n) is 1.31. The summed E-state index contributed by atoms with van der Waals surface area (Å²) in [6, 6.07) is 0. The summed E-state index contributed by atoms with van der Waals surface area (Å²) in [5.74, 6) is 0.923. The Hall–Kier alpha value is -0.700. The van der Waals surface area contributed by atoms with Crippen molar-refractivity contribution in [3.8, 4) is 0 Å². The van der Waals surface area contributed by atoms with E-state index in [1.807, 2.05) is 0 Å². The molecular formula is C10H14O2S. The summed E-state index contributed by atoms with van der Waals surface area (Å²) < 4.78 is 0. The van der Waals surface area contributed by atoms with E-state index in [0.29, 0.717) is 5.92 Å². The van der Waals surface area contributed by atoms with Crippen LogP contribution in [-0.2, 0) is 4.79 Å². The first-order valence-corrected chi connectivity index (χ1v) is 5.49. The zero-order valence-corrected chi connectivity index (χ0v) is 8.51. The Balaban J connectivity index is 2.25. The van der Waals surface area contributed by atoms with Gasteiger partial charge in [-0.25, -0.2) is 0 Å². The monoisotopic (exact) mass is 198 g/mol. The van der Waals surface area contributed by atoms with Crippen molar-refractivity contribution in [3.05, 3.63) is 23.8 Å². The molecule has 1 aliphatic carbocycles. The van der Waals surface area contributed by atoms with Crippen molar-refractivity contribution >= 4 is 17.7 Å². The fraction of sp³-hybridized carbons (Fsp3) is 0.500. The maximum Gasteiger partial charge on any atom is 0.313 e. The average Bonchev–Trinajstić information content (AvgIpc) is 2.03. The summed E-state index contributed by atoms with van der Waals surface area (Å²) in [6.07, 6.45) is 7.40. The van der Waals surface area contributed by atoms with E-state index in [9.17, 15) is 4.79 Å². The number of allylic oxidation sites excluding steroid dienone is 3. The van der Waals surface area contributed by atoms with Crippen molar-refractivity contribution in [1.29, 1.82) is 0 Å². The molecule has 3 heteroatoms. The van der Waals surface area contributed by atoms with Crippen molar-refractivity contribution < 1.29 is 9.90 Å². The van der Waals surface area contributed by atoms with Crippen LogP contribution in [0.25, 0.3) is 0 Å². The third-order valence-electron chi connectivity index (χ3n) is 1.87. The largest absolute Gasteiger partial charge is 0.481 e. The van der Waals surface area contributed by atoms with Crippen molar-refractivity contribution in [1.82, 2.24) is 0 Å². The molecule has 0 aromatic rings. The van der Waals surface area contributed by atoms with Gasteiger partial charge < -0.3 is 5.11 Å². The van der Waals surface area contributed by atoms with Crippen LogP contribution in [-0.4, -0.2) is 22.6 Å². The van der Waals surface area contributed by atoms with Gasteiger partial charge in [-0.3, -0.25) is 4.79 Å². The Morgan fingerprint density at radius 3 is 3.15 bits per heavy atom. The summed E-state index contributed by atoms with van der Waals surface area (Å²) in [6.45, 7) is 2.17. The van der Waals surface area contributed by atoms with E-state index in [2.05, 4.69) is 25.2 Å². The van der Waals surface area contributed by atoms with Crippen LogP contribution in [0.5, 0.6) is 0 Å². The molecule has 13 heavy (non-hydrogen) atoms. The molecule has 0 amide bonds. The maximum absolute atomic E-state index is 10.3. The van der Waals surface area contributed by atoms with Crippen LogP contribution < -0.4 is 0 Å². The number of rotatable bonds is 4. The number of hydrogen-bond donors (Lipinski definition) is 1. The summed E-state index contributed by atoms with van der Waals surface area (Å²) in [4.78, 5) is 10.3. The molecule has 0 radical (unpaired) electrons. The Morgan fingerprint density at radius 1 is 1.77 bits per heavy atom. The standard InChI is InChI=1S/C10H14O2S/c1-8-3-2-4-9(5-8)6-13-7-10(11)12/h2-4,8H,5-7H2,1H3,(H,11,12). The Kier molecular flexibility index (Phi) is 4.09. The molecule has 0 saturated heterocycles. The number of carboxylic acid groups (broad SMARTS) is 1. The van der Waals surface area contributed by atoms with Gasteiger partial charge in [0.25, 0.3) is 0 Å². The minimum absolute atomic E-state index is 0.204. The third kappa shape index (κ3) is 4.18. The van der Waals surface area contributed by atoms with Crippen LogP contribution >= 0.6 is 11.8 Å². The first-order chi connectivity index (χ1) is 6.18. The summed E-state index contributed by atoms with van der Waals surface area (Å²) >= 11 is 1.47. The zero-order chi connectivity index (χ0) is 9.68. The van der Waals surface area contributed by atoms with Crippen LogP contribution in [0.1, 0.15) is 13.3 Å². The predicted octanol–water partition coefficient (Wildman–Crippen LogP) is 2.33. The second-order valence-corrected chi connectivity index (χ2v) is 4.26. The van der Waals surface area contributed by atoms with Crippen LogP contribution in [0.15, 0.2) is 23.8 Å². The topological polar surface area (TPSA) is 37.3 Å². The number of carboxylic acids is 1. The highest BCUT2D eigenvalue weighted by molar-refractivity contribution is 8.00. The number of aliphatic carboxylic acids is 1. The van der Waals surface area contributed by atoms with Crippen LogP contribution in [0.2, 0.25) is 0 Å². The Labute approximate surface area is 82.7 Å². The molecule has 0 aliphatic heterocycles. The van der Waals surface area contributed by atoms with E-state index < -0.39 is 5.97 Å². The summed E-state index contributed by atoms with van der Waals surface area (Å²) in [7, 11) is 0. The van der Waals surface area contributed by atoms with Gasteiger partial charge in [-0.2, -0.15) is 0 Å². The zero-order valence-electron chi connectivity index (χ0n) is 7.69. The minimum atomic E-state index is -0.731. The van der Waals surface area contributed by atoms with Gasteiger partial charge in [0.2, 0.25) is 0 Å². The fourth-order valence-corrected chi connectivity index (χ4v) is 2.06. The molecule has 1 unspecified atom stereocenters. The molecule has 0 aromatic carbocycles. The second kappa shape index (κ2) is 5.12. The molecule has 0 spiro atoms. The first kappa shape index (κ1) is 10.4. The molecule has 2 nitrogen and oxygen atoms in total. The lowest BCUT2D eigenvalue weighted by molar-refractivity contribution is -0.133. The highest BCUT2D eigenvalue weighted by Gasteiger charge is 2.07. The van der Waals surface area contributed by atoms with E-state index in [-0.39, 0.29) is 5.75 Å². The van der Waals surface area contributed by atoms with E-state index in [0.717, 1.165) is 12.2 Å². The van der Waals surface area contributed by atoms with Crippen molar-refractivity contribution in [2.45, 2.75) is 13.3 Å². The van der Waals surface area contributed by atoms with Gasteiger partial charge in [0, 0.05) is 5.75 Å². The molecule has 1 N–H and O–H groups in total. The lowest BCUT2D eigenvalue weighted by atomic mass is 9.97. The molecule has 0 aromatic heterocycles. The molecule has 0 bridgehead atoms. The normalized spacial score (nSPS) is 21.3. The van der Waals surface area contributed by atoms with E-state index in [1.165, 1.54) is 17.3 Å². The molecule has 72 valence electrons. The van der Waals surface area contributed by atoms with E-state index >= 15 is 0 Å². The molecule has 0 heterocycles. The van der Waals surface area contributed by atoms with Gasteiger partial charge in [-0.05, 0) is 12.3 Å². The lowest BCUT2D eigenvalue weighted by Crippen LogP contribution is -2.03. The van der Waals surface area contributed by atoms with E-state index in [4.69, 9.17) is 5.11 Å². The maximum atomic E-state index is 10.3. The molecule has 1 rings (SSSR count). The summed E-state index contributed by atoms with van der Waals surface area (Å²) in [5, 5.41) is 8.44. The van der Waals surface area contributed by atoms with Gasteiger partial charge in [0.05, 0.1) is 5.75 Å². The van der Waals surface area contributed by atoms with Gasteiger partial charge in [0.1, 0.15) is 0 Å². The SMILES string of the molecule is CC1C=CC=C(CSCC(=O)O)C1. The molecular weight excluding hydrogens is 184 g/mol. The Bertz CT molecular complexity index is 243. The minimum Gasteiger partial charge on any atom is -0.481 e. The molecule has 0 saturated carbocycles. The van der Waals surface area contributed by atoms with Crippen LogP contribution in [0.4, 0.5) is 0 Å². The van der Waals surface area contributed by atoms with Crippen LogP contribution in [0.3, 0.4) is 0 Å². The smallest absolute Gasteiger partial charge is 0.313 e. The predicted molar refractivity (Wildman–Crippen MR) is 56.0 cm³/mol. The van der Waals surface area contributed by atoms with Gasteiger partial charge in [0.15, 0.2) is 0 Å². The van der Waals surface area contributed by atoms with Gasteiger partial charge in [-0.1, -0.05) is 30.7 Å².